The van der Waals surface area contributed by atoms with E-state index in [0.717, 1.165) is 30.7 Å². The first-order valence-corrected chi connectivity index (χ1v) is 7.65. The largest absolute Gasteiger partial charge is 0.327 e. The number of benzene rings is 1. The lowest BCUT2D eigenvalue weighted by atomic mass is 9.78. The Morgan fingerprint density at radius 3 is 2.21 bits per heavy atom. The van der Waals surface area contributed by atoms with Crippen LogP contribution in [0.5, 0.6) is 0 Å². The van der Waals surface area contributed by atoms with E-state index in [-0.39, 0.29) is 17.7 Å². The summed E-state index contributed by atoms with van der Waals surface area (Å²) in [5.41, 5.74) is 8.36. The highest BCUT2D eigenvalue weighted by Gasteiger charge is 2.29. The lowest BCUT2D eigenvalue weighted by Crippen LogP contribution is -2.38. The summed E-state index contributed by atoms with van der Waals surface area (Å²) < 4.78 is 0. The van der Waals surface area contributed by atoms with Gasteiger partial charge in [0, 0.05) is 17.5 Å². The van der Waals surface area contributed by atoms with Gasteiger partial charge in [-0.1, -0.05) is 43.5 Å². The second kappa shape index (κ2) is 5.46. The average Bonchev–Trinajstić information content (AvgIpc) is 2.37. The molecule has 0 radical (unpaired) electrons. The van der Waals surface area contributed by atoms with Crippen molar-refractivity contribution in [1.29, 1.82) is 0 Å². The Hall–Kier alpha value is -1.15. The Morgan fingerprint density at radius 1 is 0.947 bits per heavy atom. The van der Waals surface area contributed by atoms with Crippen LogP contribution in [0.2, 0.25) is 0 Å². The van der Waals surface area contributed by atoms with Gasteiger partial charge < -0.3 is 5.73 Å². The fourth-order valence-corrected chi connectivity index (χ4v) is 3.36. The predicted octanol–water partition coefficient (Wildman–Crippen LogP) is 3.65. The first kappa shape index (κ1) is 12.9. The van der Waals surface area contributed by atoms with Gasteiger partial charge in [-0.2, -0.15) is 0 Å². The topological polar surface area (TPSA) is 43.1 Å². The number of hydrogen-bond acceptors (Lipinski definition) is 2. The van der Waals surface area contributed by atoms with Crippen LogP contribution in [0.4, 0.5) is 0 Å². The van der Waals surface area contributed by atoms with Gasteiger partial charge in [-0.25, -0.2) is 0 Å². The van der Waals surface area contributed by atoms with Gasteiger partial charge in [-0.3, -0.25) is 4.79 Å². The highest BCUT2D eigenvalue weighted by atomic mass is 16.1. The number of ketones is 1. The van der Waals surface area contributed by atoms with Crippen LogP contribution in [0.15, 0.2) is 24.3 Å². The van der Waals surface area contributed by atoms with Crippen molar-refractivity contribution < 1.29 is 4.79 Å². The molecule has 2 atom stereocenters. The first-order chi connectivity index (χ1) is 9.25. The first-order valence-electron chi connectivity index (χ1n) is 7.65. The molecular weight excluding hydrogens is 234 g/mol. The summed E-state index contributed by atoms with van der Waals surface area (Å²) in [6.07, 6.45) is 8.24. The average molecular weight is 257 g/mol. The summed E-state index contributed by atoms with van der Waals surface area (Å²) in [6, 6.07) is 8.37. The van der Waals surface area contributed by atoms with Gasteiger partial charge in [-0.05, 0) is 37.2 Å². The standard InChI is InChI=1S/C17H23NO/c18-16-7-2-1-6-15(16)17(19)14-10-8-13(9-11-14)12-4-3-5-12/h8-12,15-16H,1-7,18H2. The molecule has 2 N–H and O–H groups in total. The van der Waals surface area contributed by atoms with E-state index in [1.54, 1.807) is 0 Å². The van der Waals surface area contributed by atoms with Crippen LogP contribution in [0.25, 0.3) is 0 Å². The maximum atomic E-state index is 12.5. The van der Waals surface area contributed by atoms with E-state index < -0.39 is 0 Å². The molecule has 0 heterocycles. The summed E-state index contributed by atoms with van der Waals surface area (Å²) in [4.78, 5) is 12.5. The highest BCUT2D eigenvalue weighted by Crippen LogP contribution is 2.36. The molecule has 2 heteroatoms. The van der Waals surface area contributed by atoms with Crippen LogP contribution in [0.3, 0.4) is 0 Å². The van der Waals surface area contributed by atoms with E-state index in [4.69, 9.17) is 5.73 Å². The molecule has 3 rings (SSSR count). The minimum atomic E-state index is 0.0447. The normalized spacial score (nSPS) is 27.8. The van der Waals surface area contributed by atoms with Crippen molar-refractivity contribution >= 4 is 5.78 Å². The minimum Gasteiger partial charge on any atom is -0.327 e. The van der Waals surface area contributed by atoms with Gasteiger partial charge in [0.1, 0.15) is 0 Å². The second-order valence-electron chi connectivity index (χ2n) is 6.17. The molecule has 2 aliphatic carbocycles. The molecule has 0 aromatic heterocycles. The van der Waals surface area contributed by atoms with E-state index in [9.17, 15) is 4.79 Å². The Bertz CT molecular complexity index is 447. The van der Waals surface area contributed by atoms with Gasteiger partial charge in [0.2, 0.25) is 0 Å². The van der Waals surface area contributed by atoms with Crippen LogP contribution in [-0.2, 0) is 0 Å². The molecule has 2 saturated carbocycles. The van der Waals surface area contributed by atoms with Crippen molar-refractivity contribution in [1.82, 2.24) is 0 Å². The molecule has 2 fully saturated rings. The summed E-state index contributed by atoms with van der Waals surface area (Å²) in [7, 11) is 0. The SMILES string of the molecule is NC1CCCCC1C(=O)c1ccc(C2CCC2)cc1. The Balaban J connectivity index is 1.72. The van der Waals surface area contributed by atoms with Gasteiger partial charge in [0.05, 0.1) is 0 Å². The molecule has 2 unspecified atom stereocenters. The maximum absolute atomic E-state index is 12.5. The Labute approximate surface area is 115 Å². The molecule has 0 saturated heterocycles. The van der Waals surface area contributed by atoms with Crippen molar-refractivity contribution in [2.45, 2.75) is 56.9 Å². The van der Waals surface area contributed by atoms with E-state index in [2.05, 4.69) is 12.1 Å². The molecule has 19 heavy (non-hydrogen) atoms. The molecule has 102 valence electrons. The molecule has 0 bridgehead atoms. The van der Waals surface area contributed by atoms with Crippen molar-refractivity contribution in [3.8, 4) is 0 Å². The van der Waals surface area contributed by atoms with Gasteiger partial charge in [-0.15, -0.1) is 0 Å². The molecule has 0 amide bonds. The summed E-state index contributed by atoms with van der Waals surface area (Å²) >= 11 is 0. The predicted molar refractivity (Wildman–Crippen MR) is 77.3 cm³/mol. The fraction of sp³-hybridized carbons (Fsp3) is 0.588. The molecule has 2 nitrogen and oxygen atoms in total. The third kappa shape index (κ3) is 2.59. The third-order valence-electron chi connectivity index (χ3n) is 4.93. The Kier molecular flexibility index (Phi) is 3.69. The monoisotopic (exact) mass is 257 g/mol. The number of Topliss-reactive ketones (excluding diaryl/α,β-unsaturated/α-hetero) is 1. The van der Waals surface area contributed by atoms with E-state index in [0.29, 0.717) is 0 Å². The summed E-state index contributed by atoms with van der Waals surface area (Å²) in [6.45, 7) is 0. The van der Waals surface area contributed by atoms with Crippen LogP contribution >= 0.6 is 0 Å². The van der Waals surface area contributed by atoms with E-state index in [1.807, 2.05) is 12.1 Å². The number of hydrogen-bond donors (Lipinski definition) is 1. The quantitative estimate of drug-likeness (QED) is 0.840. The smallest absolute Gasteiger partial charge is 0.167 e. The lowest BCUT2D eigenvalue weighted by molar-refractivity contribution is 0.0871. The number of nitrogens with two attached hydrogens (primary N) is 1. The van der Waals surface area contributed by atoms with Crippen molar-refractivity contribution in [3.63, 3.8) is 0 Å². The highest BCUT2D eigenvalue weighted by molar-refractivity contribution is 5.98. The molecule has 0 spiro atoms. The molecule has 1 aromatic rings. The molecule has 2 aliphatic rings. The van der Waals surface area contributed by atoms with Crippen LogP contribution < -0.4 is 5.73 Å². The van der Waals surface area contributed by atoms with Gasteiger partial charge in [0.25, 0.3) is 0 Å². The van der Waals surface area contributed by atoms with E-state index in [1.165, 1.54) is 31.2 Å². The number of carbonyl (C=O) groups excluding carboxylic acids is 1. The zero-order valence-corrected chi connectivity index (χ0v) is 11.5. The Morgan fingerprint density at radius 2 is 1.63 bits per heavy atom. The second-order valence-corrected chi connectivity index (χ2v) is 6.17. The maximum Gasteiger partial charge on any atom is 0.167 e. The van der Waals surface area contributed by atoms with Gasteiger partial charge >= 0.3 is 0 Å². The zero-order chi connectivity index (χ0) is 13.2. The molecule has 1 aromatic carbocycles. The van der Waals surface area contributed by atoms with Crippen LogP contribution in [0, 0.1) is 5.92 Å². The minimum absolute atomic E-state index is 0.0447. The molecule has 0 aliphatic heterocycles. The van der Waals surface area contributed by atoms with Crippen molar-refractivity contribution in [2.24, 2.45) is 11.7 Å². The third-order valence-corrected chi connectivity index (χ3v) is 4.93. The molecular formula is C17H23NO. The van der Waals surface area contributed by atoms with Crippen molar-refractivity contribution in [3.05, 3.63) is 35.4 Å². The zero-order valence-electron chi connectivity index (χ0n) is 11.5. The summed E-state index contributed by atoms with van der Waals surface area (Å²) in [5.74, 6) is 1.04. The van der Waals surface area contributed by atoms with Gasteiger partial charge in [0.15, 0.2) is 5.78 Å². The summed E-state index contributed by atoms with van der Waals surface area (Å²) in [5, 5.41) is 0. The van der Waals surface area contributed by atoms with Crippen molar-refractivity contribution in [2.75, 3.05) is 0 Å². The lowest BCUT2D eigenvalue weighted by Gasteiger charge is -2.28. The fourth-order valence-electron chi connectivity index (χ4n) is 3.36. The number of rotatable bonds is 3. The van der Waals surface area contributed by atoms with Crippen LogP contribution in [0.1, 0.15) is 66.8 Å². The van der Waals surface area contributed by atoms with Crippen LogP contribution in [-0.4, -0.2) is 11.8 Å². The number of carbonyl (C=O) groups is 1. The van der Waals surface area contributed by atoms with E-state index >= 15 is 0 Å².